The van der Waals surface area contributed by atoms with Crippen LogP contribution in [0, 0.1) is 31.1 Å². The molecule has 4 rings (SSSR count). The van der Waals surface area contributed by atoms with Crippen molar-refractivity contribution in [3.63, 3.8) is 0 Å². The minimum Gasteiger partial charge on any atom is -0.346 e. The normalized spacial score (nSPS) is 27.0. The summed E-state index contributed by atoms with van der Waals surface area (Å²) >= 11 is 5.78. The van der Waals surface area contributed by atoms with Gasteiger partial charge in [-0.05, 0) is 74.4 Å². The van der Waals surface area contributed by atoms with Crippen molar-refractivity contribution < 1.29 is 0 Å². The number of nitrogens with one attached hydrogen (secondary N) is 1. The molecule has 3 atom stereocenters. The van der Waals surface area contributed by atoms with Gasteiger partial charge in [0.2, 0.25) is 0 Å². The van der Waals surface area contributed by atoms with Gasteiger partial charge >= 0.3 is 0 Å². The number of nitrogens with zero attached hydrogens (tertiary/aromatic N) is 3. The maximum absolute atomic E-state index is 5.78. The lowest BCUT2D eigenvalue weighted by Gasteiger charge is -2.41. The lowest BCUT2D eigenvalue weighted by molar-refractivity contribution is 0.107. The highest BCUT2D eigenvalue weighted by molar-refractivity contribution is 7.80. The third-order valence-electron chi connectivity index (χ3n) is 6.74. The summed E-state index contributed by atoms with van der Waals surface area (Å²) in [4.78, 5) is 11.7. The van der Waals surface area contributed by atoms with Crippen molar-refractivity contribution in [2.45, 2.75) is 53.5 Å². The van der Waals surface area contributed by atoms with E-state index in [-0.39, 0.29) is 0 Å². The highest BCUT2D eigenvalue weighted by atomic mass is 32.1. The Kier molecular flexibility index (Phi) is 4.18. The number of aryl methyl sites for hydroxylation is 2. The molecule has 1 aromatic carbocycles. The molecule has 1 aliphatic carbocycles. The van der Waals surface area contributed by atoms with E-state index in [1.54, 1.807) is 0 Å². The average Bonchev–Trinajstić information content (AvgIpc) is 2.94. The first-order chi connectivity index (χ1) is 12.2. The molecule has 2 aromatic rings. The maximum atomic E-state index is 5.78. The van der Waals surface area contributed by atoms with Crippen molar-refractivity contribution in [1.82, 2.24) is 14.9 Å². The summed E-state index contributed by atoms with van der Waals surface area (Å²) in [6.45, 7) is 12.3. The Bertz CT molecular complexity index is 876. The standard InChI is InChI=1S/C21H28N4S/c1-12-15-8-17(10-21(12,4)5)25(11-15)20(26)24-16-6-7-18-19(9-16)23-14(3)13(2)22-18/h6-7,9,12,15,17H,8,10-11H2,1-5H3,(H,24,26). The SMILES string of the molecule is Cc1nc2ccc(NC(=S)N3CC4CC3CC(C)(C)C4C)cc2nc1C. The summed E-state index contributed by atoms with van der Waals surface area (Å²) in [5.74, 6) is 1.49. The van der Waals surface area contributed by atoms with Crippen molar-refractivity contribution in [1.29, 1.82) is 0 Å². The molecule has 5 heteroatoms. The summed E-state index contributed by atoms with van der Waals surface area (Å²) in [5, 5.41) is 4.30. The molecule has 0 amide bonds. The van der Waals surface area contributed by atoms with E-state index >= 15 is 0 Å². The Morgan fingerprint density at radius 1 is 1.19 bits per heavy atom. The van der Waals surface area contributed by atoms with Crippen molar-refractivity contribution in [3.8, 4) is 0 Å². The molecule has 138 valence electrons. The molecule has 4 nitrogen and oxygen atoms in total. The van der Waals surface area contributed by atoms with Gasteiger partial charge < -0.3 is 10.2 Å². The smallest absolute Gasteiger partial charge is 0.173 e. The number of likely N-dealkylation sites (tertiary alicyclic amines) is 1. The van der Waals surface area contributed by atoms with Gasteiger partial charge in [0.05, 0.1) is 22.4 Å². The third-order valence-corrected chi connectivity index (χ3v) is 7.07. The summed E-state index contributed by atoms with van der Waals surface area (Å²) in [6.07, 6.45) is 2.49. The number of fused-ring (bicyclic) bond motifs is 3. The monoisotopic (exact) mass is 368 g/mol. The Morgan fingerprint density at radius 3 is 2.62 bits per heavy atom. The van der Waals surface area contributed by atoms with Crippen molar-refractivity contribution in [3.05, 3.63) is 29.6 Å². The van der Waals surface area contributed by atoms with E-state index in [1.165, 1.54) is 12.8 Å². The van der Waals surface area contributed by atoms with E-state index in [0.29, 0.717) is 11.5 Å². The molecule has 2 bridgehead atoms. The zero-order valence-electron chi connectivity index (χ0n) is 16.3. The predicted molar refractivity (Wildman–Crippen MR) is 111 cm³/mol. The van der Waals surface area contributed by atoms with Crippen LogP contribution in [0.15, 0.2) is 18.2 Å². The van der Waals surface area contributed by atoms with E-state index < -0.39 is 0 Å². The Labute approximate surface area is 161 Å². The molecule has 3 unspecified atom stereocenters. The fourth-order valence-corrected chi connectivity index (χ4v) is 5.03. The molecule has 1 aliphatic heterocycles. The van der Waals surface area contributed by atoms with Crippen molar-refractivity contribution >= 4 is 34.1 Å². The highest BCUT2D eigenvalue weighted by Gasteiger charge is 2.48. The number of rotatable bonds is 1. The zero-order chi connectivity index (χ0) is 18.6. The quantitative estimate of drug-likeness (QED) is 0.739. The van der Waals surface area contributed by atoms with Crippen LogP contribution in [0.1, 0.15) is 45.0 Å². The topological polar surface area (TPSA) is 41.1 Å². The van der Waals surface area contributed by atoms with Crippen LogP contribution in [0.3, 0.4) is 0 Å². The minimum atomic E-state index is 0.395. The summed E-state index contributed by atoms with van der Waals surface area (Å²) in [6, 6.07) is 6.69. The molecule has 0 radical (unpaired) electrons. The lowest BCUT2D eigenvalue weighted by atomic mass is 9.65. The van der Waals surface area contributed by atoms with E-state index in [2.05, 4.69) is 47.0 Å². The van der Waals surface area contributed by atoms with Gasteiger partial charge in [-0.3, -0.25) is 0 Å². The van der Waals surface area contributed by atoms with Gasteiger partial charge in [0, 0.05) is 18.3 Å². The van der Waals surface area contributed by atoms with Crippen LogP contribution < -0.4 is 5.32 Å². The summed E-state index contributed by atoms with van der Waals surface area (Å²) in [5.41, 5.74) is 5.18. The van der Waals surface area contributed by atoms with Crippen LogP contribution in [0.5, 0.6) is 0 Å². The second kappa shape index (κ2) is 6.15. The van der Waals surface area contributed by atoms with Crippen LogP contribution >= 0.6 is 12.2 Å². The fraction of sp³-hybridized carbons (Fsp3) is 0.571. The van der Waals surface area contributed by atoms with Crippen LogP contribution in [-0.2, 0) is 0 Å². The molecule has 26 heavy (non-hydrogen) atoms. The first kappa shape index (κ1) is 17.7. The molecule has 2 aliphatic rings. The summed E-state index contributed by atoms with van der Waals surface area (Å²) < 4.78 is 0. The molecule has 1 aromatic heterocycles. The van der Waals surface area contributed by atoms with Gasteiger partial charge in [-0.25, -0.2) is 9.97 Å². The van der Waals surface area contributed by atoms with E-state index in [1.807, 2.05) is 26.0 Å². The molecule has 1 N–H and O–H groups in total. The second-order valence-corrected chi connectivity index (χ2v) is 9.20. The first-order valence-electron chi connectivity index (χ1n) is 9.57. The number of anilines is 1. The zero-order valence-corrected chi connectivity index (χ0v) is 17.2. The Balaban J connectivity index is 1.54. The number of hydrogen-bond acceptors (Lipinski definition) is 3. The molecular weight excluding hydrogens is 340 g/mol. The molecule has 1 saturated heterocycles. The Morgan fingerprint density at radius 2 is 1.88 bits per heavy atom. The van der Waals surface area contributed by atoms with Crippen molar-refractivity contribution in [2.24, 2.45) is 17.3 Å². The molecule has 0 spiro atoms. The van der Waals surface area contributed by atoms with Crippen LogP contribution in [0.2, 0.25) is 0 Å². The van der Waals surface area contributed by atoms with E-state index in [0.717, 1.165) is 51.6 Å². The van der Waals surface area contributed by atoms with Crippen LogP contribution in [0.25, 0.3) is 11.0 Å². The van der Waals surface area contributed by atoms with Gasteiger partial charge in [0.1, 0.15) is 0 Å². The largest absolute Gasteiger partial charge is 0.346 e. The predicted octanol–water partition coefficient (Wildman–Crippen LogP) is 4.70. The number of aromatic nitrogens is 2. The fourth-order valence-electron chi connectivity index (χ4n) is 4.69. The average molecular weight is 369 g/mol. The second-order valence-electron chi connectivity index (χ2n) is 8.81. The molecule has 2 heterocycles. The van der Waals surface area contributed by atoms with Gasteiger partial charge in [-0.2, -0.15) is 0 Å². The van der Waals surface area contributed by atoms with E-state index in [4.69, 9.17) is 12.2 Å². The van der Waals surface area contributed by atoms with Gasteiger partial charge in [0.15, 0.2) is 5.11 Å². The first-order valence-corrected chi connectivity index (χ1v) is 9.98. The lowest BCUT2D eigenvalue weighted by Crippen LogP contribution is -2.41. The third kappa shape index (κ3) is 2.96. The van der Waals surface area contributed by atoms with Gasteiger partial charge in [0.25, 0.3) is 0 Å². The summed E-state index contributed by atoms with van der Waals surface area (Å²) in [7, 11) is 0. The van der Waals surface area contributed by atoms with Crippen LogP contribution in [0.4, 0.5) is 5.69 Å². The maximum Gasteiger partial charge on any atom is 0.173 e. The van der Waals surface area contributed by atoms with Gasteiger partial charge in [-0.15, -0.1) is 0 Å². The van der Waals surface area contributed by atoms with E-state index in [9.17, 15) is 0 Å². The number of thiocarbonyl (C=S) groups is 1. The van der Waals surface area contributed by atoms with Gasteiger partial charge in [-0.1, -0.05) is 20.8 Å². The number of hydrogen-bond donors (Lipinski definition) is 1. The number of benzene rings is 1. The molecule has 2 fully saturated rings. The molecular formula is C21H28N4S. The highest BCUT2D eigenvalue weighted by Crippen LogP contribution is 2.49. The minimum absolute atomic E-state index is 0.395. The Hall–Kier alpha value is -1.75. The van der Waals surface area contributed by atoms with Crippen LogP contribution in [-0.4, -0.2) is 32.6 Å². The van der Waals surface area contributed by atoms with Crippen molar-refractivity contribution in [2.75, 3.05) is 11.9 Å². The molecule has 1 saturated carbocycles.